The van der Waals surface area contributed by atoms with Crippen LogP contribution in [0.3, 0.4) is 0 Å². The molecule has 0 saturated carbocycles. The zero-order chi connectivity index (χ0) is 22.5. The number of amides is 1. The summed E-state index contributed by atoms with van der Waals surface area (Å²) < 4.78 is 4.08. The number of nitro benzene ring substituents is 1. The Morgan fingerprint density at radius 3 is 2.72 bits per heavy atom. The Balaban J connectivity index is 1.37. The first-order valence-electron chi connectivity index (χ1n) is 9.61. The Labute approximate surface area is 195 Å². The fourth-order valence-electron chi connectivity index (χ4n) is 2.94. The predicted molar refractivity (Wildman–Crippen MR) is 127 cm³/mol. The van der Waals surface area contributed by atoms with E-state index in [9.17, 15) is 14.9 Å². The quantitative estimate of drug-likeness (QED) is 0.203. The molecule has 0 fully saturated rings. The highest BCUT2D eigenvalue weighted by Gasteiger charge is 2.17. The van der Waals surface area contributed by atoms with E-state index in [0.717, 1.165) is 20.4 Å². The number of nitro groups is 1. The van der Waals surface area contributed by atoms with Gasteiger partial charge >= 0.3 is 0 Å². The minimum Gasteiger partial charge on any atom is -0.320 e. The van der Waals surface area contributed by atoms with E-state index < -0.39 is 4.92 Å². The van der Waals surface area contributed by atoms with E-state index in [0.29, 0.717) is 17.5 Å². The smallest absolute Gasteiger partial charge is 0.292 e. The normalized spacial score (nSPS) is 11.0. The predicted octanol–water partition coefficient (Wildman–Crippen LogP) is 4.84. The van der Waals surface area contributed by atoms with Crippen LogP contribution in [0.5, 0.6) is 0 Å². The Hall–Kier alpha value is -2.96. The van der Waals surface area contributed by atoms with Crippen LogP contribution in [0, 0.1) is 10.1 Å². The number of aromatic nitrogens is 4. The van der Waals surface area contributed by atoms with Crippen LogP contribution in [0.25, 0.3) is 10.2 Å². The molecule has 0 unspecified atom stereocenters. The molecule has 0 radical (unpaired) electrons. The molecule has 32 heavy (non-hydrogen) atoms. The number of anilines is 1. The molecule has 2 aromatic carbocycles. The van der Waals surface area contributed by atoms with Gasteiger partial charge in [-0.3, -0.25) is 14.9 Å². The van der Waals surface area contributed by atoms with Crippen LogP contribution >= 0.6 is 34.9 Å². The minimum atomic E-state index is -0.522. The zero-order valence-corrected chi connectivity index (χ0v) is 19.4. The highest BCUT2D eigenvalue weighted by molar-refractivity contribution is 8.00. The van der Waals surface area contributed by atoms with Crippen molar-refractivity contribution in [1.82, 2.24) is 19.7 Å². The summed E-state index contributed by atoms with van der Waals surface area (Å²) in [4.78, 5) is 27.6. The molecule has 2 aromatic heterocycles. The van der Waals surface area contributed by atoms with Crippen LogP contribution < -0.4 is 5.32 Å². The number of thiazole rings is 1. The molecular formula is C20H18N6O3S3. The number of nitrogens with zero attached hydrogens (tertiary/aromatic N) is 5. The summed E-state index contributed by atoms with van der Waals surface area (Å²) in [6.45, 7) is 2.66. The highest BCUT2D eigenvalue weighted by atomic mass is 32.2. The van der Waals surface area contributed by atoms with Gasteiger partial charge in [-0.15, -0.1) is 21.5 Å². The summed E-state index contributed by atoms with van der Waals surface area (Å²) in [5.41, 5.74) is 1.02. The van der Waals surface area contributed by atoms with Crippen LogP contribution in [0.15, 0.2) is 58.0 Å². The van der Waals surface area contributed by atoms with Crippen molar-refractivity contribution < 1.29 is 9.72 Å². The first-order valence-corrected chi connectivity index (χ1v) is 12.4. The van der Waals surface area contributed by atoms with Crippen LogP contribution in [0.1, 0.15) is 12.7 Å². The maximum atomic E-state index is 12.3. The lowest BCUT2D eigenvalue weighted by Crippen LogP contribution is -2.15. The first kappa shape index (κ1) is 22.2. The Morgan fingerprint density at radius 2 is 1.94 bits per heavy atom. The fourth-order valence-corrected chi connectivity index (χ4v) is 5.77. The van der Waals surface area contributed by atoms with E-state index in [-0.39, 0.29) is 23.0 Å². The second-order valence-electron chi connectivity index (χ2n) is 6.49. The molecule has 4 aromatic rings. The third kappa shape index (κ3) is 5.09. The summed E-state index contributed by atoms with van der Waals surface area (Å²) in [5.74, 6) is 1.14. The van der Waals surface area contributed by atoms with Crippen molar-refractivity contribution >= 4 is 62.4 Å². The number of hydrogen-bond acceptors (Lipinski definition) is 9. The van der Waals surface area contributed by atoms with Gasteiger partial charge in [0.05, 0.1) is 26.6 Å². The molecule has 1 amide bonds. The number of hydrogen-bond donors (Lipinski definition) is 1. The third-order valence-corrected chi connectivity index (χ3v) is 7.56. The number of carbonyl (C=O) groups excluding carboxylic acids is 1. The molecule has 0 aliphatic rings. The lowest BCUT2D eigenvalue weighted by atomic mass is 10.2. The third-order valence-electron chi connectivity index (χ3n) is 4.42. The van der Waals surface area contributed by atoms with E-state index in [2.05, 4.69) is 26.6 Å². The second kappa shape index (κ2) is 10.1. The first-order chi connectivity index (χ1) is 15.5. The van der Waals surface area contributed by atoms with E-state index in [1.807, 2.05) is 29.7 Å². The number of thioether (sulfide) groups is 2. The van der Waals surface area contributed by atoms with E-state index in [1.54, 1.807) is 35.2 Å². The standard InChI is InChI=1S/C20H18N6O3S3/c1-2-25-17(11-31-20-22-14-8-4-6-10-16(14)32-20)23-24-19(25)30-12-18(27)21-13-7-3-5-9-15(13)26(28)29/h3-10H,2,11-12H2,1H3,(H,21,27). The average Bonchev–Trinajstić information content (AvgIpc) is 3.39. The van der Waals surface area contributed by atoms with Gasteiger partial charge in [0, 0.05) is 12.6 Å². The second-order valence-corrected chi connectivity index (χ2v) is 9.69. The van der Waals surface area contributed by atoms with Gasteiger partial charge < -0.3 is 9.88 Å². The monoisotopic (exact) mass is 486 g/mol. The van der Waals surface area contributed by atoms with Crippen molar-refractivity contribution in [1.29, 1.82) is 0 Å². The Kier molecular flexibility index (Phi) is 7.02. The van der Waals surface area contributed by atoms with E-state index in [1.165, 1.54) is 23.9 Å². The number of benzene rings is 2. The molecule has 12 heteroatoms. The van der Waals surface area contributed by atoms with E-state index in [4.69, 9.17) is 0 Å². The molecule has 0 aliphatic heterocycles. The van der Waals surface area contributed by atoms with Gasteiger partial charge in [-0.2, -0.15) is 0 Å². The molecule has 0 bridgehead atoms. The Bertz CT molecular complexity index is 1240. The SMILES string of the molecule is CCn1c(CSc2nc3ccccc3s2)nnc1SCC(=O)Nc1ccccc1[N+](=O)[O-]. The number of carbonyl (C=O) groups is 1. The number of para-hydroxylation sites is 3. The lowest BCUT2D eigenvalue weighted by Gasteiger charge is -2.07. The summed E-state index contributed by atoms with van der Waals surface area (Å²) in [6.07, 6.45) is 0. The van der Waals surface area contributed by atoms with Crippen molar-refractivity contribution in [2.75, 3.05) is 11.1 Å². The highest BCUT2D eigenvalue weighted by Crippen LogP contribution is 2.31. The van der Waals surface area contributed by atoms with Gasteiger partial charge in [-0.1, -0.05) is 47.8 Å². The largest absolute Gasteiger partial charge is 0.320 e. The Morgan fingerprint density at radius 1 is 1.16 bits per heavy atom. The molecule has 2 heterocycles. The van der Waals surface area contributed by atoms with Crippen LogP contribution in [-0.2, 0) is 17.1 Å². The van der Waals surface area contributed by atoms with Gasteiger partial charge in [-0.05, 0) is 25.1 Å². The molecule has 0 aliphatic carbocycles. The number of rotatable bonds is 9. The minimum absolute atomic E-state index is 0.0647. The maximum Gasteiger partial charge on any atom is 0.292 e. The van der Waals surface area contributed by atoms with Gasteiger partial charge in [0.1, 0.15) is 11.5 Å². The average molecular weight is 487 g/mol. The van der Waals surface area contributed by atoms with Crippen LogP contribution in [-0.4, -0.2) is 36.3 Å². The van der Waals surface area contributed by atoms with Crippen molar-refractivity contribution in [3.05, 3.63) is 64.5 Å². The molecular weight excluding hydrogens is 468 g/mol. The topological polar surface area (TPSA) is 116 Å². The number of fused-ring (bicyclic) bond motifs is 1. The summed E-state index contributed by atoms with van der Waals surface area (Å²) in [7, 11) is 0. The van der Waals surface area contributed by atoms with E-state index >= 15 is 0 Å². The molecule has 1 N–H and O–H groups in total. The lowest BCUT2D eigenvalue weighted by molar-refractivity contribution is -0.383. The van der Waals surface area contributed by atoms with Crippen molar-refractivity contribution in [3.63, 3.8) is 0 Å². The maximum absolute atomic E-state index is 12.3. The van der Waals surface area contributed by atoms with Gasteiger partial charge in [-0.25, -0.2) is 4.98 Å². The molecule has 0 atom stereocenters. The molecule has 0 spiro atoms. The zero-order valence-electron chi connectivity index (χ0n) is 16.9. The van der Waals surface area contributed by atoms with Crippen molar-refractivity contribution in [2.24, 2.45) is 0 Å². The van der Waals surface area contributed by atoms with Crippen molar-refractivity contribution in [2.45, 2.75) is 28.7 Å². The number of nitrogens with one attached hydrogen (secondary N) is 1. The fraction of sp³-hybridized carbons (Fsp3) is 0.200. The van der Waals surface area contributed by atoms with Crippen molar-refractivity contribution in [3.8, 4) is 0 Å². The summed E-state index contributed by atoms with van der Waals surface area (Å²) in [6, 6.07) is 14.1. The molecule has 4 rings (SSSR count). The van der Waals surface area contributed by atoms with Gasteiger partial charge in [0.2, 0.25) is 5.91 Å². The summed E-state index contributed by atoms with van der Waals surface area (Å²) >= 11 is 4.49. The van der Waals surface area contributed by atoms with Gasteiger partial charge in [0.15, 0.2) is 9.50 Å². The summed E-state index contributed by atoms with van der Waals surface area (Å²) in [5, 5.41) is 22.8. The van der Waals surface area contributed by atoms with Crippen LogP contribution in [0.2, 0.25) is 0 Å². The molecule has 0 saturated heterocycles. The van der Waals surface area contributed by atoms with Crippen LogP contribution in [0.4, 0.5) is 11.4 Å². The van der Waals surface area contributed by atoms with Gasteiger partial charge in [0.25, 0.3) is 5.69 Å². The molecule has 164 valence electrons. The molecule has 9 nitrogen and oxygen atoms in total.